The van der Waals surface area contributed by atoms with Crippen molar-refractivity contribution in [2.24, 2.45) is 5.10 Å². The first kappa shape index (κ1) is 26.5. The highest BCUT2D eigenvalue weighted by atomic mass is 35.5. The Morgan fingerprint density at radius 2 is 1.65 bits per heavy atom. The van der Waals surface area contributed by atoms with Gasteiger partial charge in [-0.25, -0.2) is 13.8 Å². The Bertz CT molecular complexity index is 1580. The molecule has 0 atom stereocenters. The van der Waals surface area contributed by atoms with Crippen molar-refractivity contribution < 1.29 is 13.2 Å². The Balaban J connectivity index is 1.46. The van der Waals surface area contributed by atoms with E-state index in [9.17, 15) is 13.2 Å². The minimum Gasteiger partial charge on any atom is -0.316 e. The predicted molar refractivity (Wildman–Crippen MR) is 149 cm³/mol. The number of carbonyl (C=O) groups excluding carboxylic acids is 1. The van der Waals surface area contributed by atoms with Crippen molar-refractivity contribution in [2.45, 2.75) is 18.7 Å². The van der Waals surface area contributed by atoms with Crippen LogP contribution in [0.4, 0.5) is 5.69 Å². The molecule has 37 heavy (non-hydrogen) atoms. The Morgan fingerprint density at radius 1 is 0.973 bits per heavy atom. The quantitative estimate of drug-likeness (QED) is 0.225. The molecule has 0 saturated heterocycles. The molecule has 0 aliphatic carbocycles. The summed E-state index contributed by atoms with van der Waals surface area (Å²) in [6.45, 7) is 3.86. The number of aromatic nitrogens is 1. The number of hydrazone groups is 1. The molecular formula is C27H24Cl2N4O3S. The van der Waals surface area contributed by atoms with Crippen LogP contribution in [0, 0.1) is 13.8 Å². The number of nitrogens with zero attached hydrogens (tertiary/aromatic N) is 3. The molecule has 1 amide bonds. The van der Waals surface area contributed by atoms with Gasteiger partial charge in [-0.05, 0) is 68.4 Å². The van der Waals surface area contributed by atoms with Crippen LogP contribution in [0.5, 0.6) is 0 Å². The molecular weight excluding hydrogens is 531 g/mol. The van der Waals surface area contributed by atoms with E-state index in [1.165, 1.54) is 23.5 Å². The van der Waals surface area contributed by atoms with E-state index in [0.717, 1.165) is 22.6 Å². The highest BCUT2D eigenvalue weighted by Gasteiger charge is 2.21. The molecule has 4 aromatic rings. The molecule has 0 aliphatic heterocycles. The number of halogens is 2. The van der Waals surface area contributed by atoms with Gasteiger partial charge in [0.1, 0.15) is 0 Å². The molecule has 1 aromatic heterocycles. The first-order valence-electron chi connectivity index (χ1n) is 11.2. The number of aryl methyl sites for hydroxylation is 1. The summed E-state index contributed by atoms with van der Waals surface area (Å²) in [5, 5.41) is 5.01. The van der Waals surface area contributed by atoms with Crippen molar-refractivity contribution in [3.05, 3.63) is 111 Å². The normalized spacial score (nSPS) is 11.6. The second-order valence-corrected chi connectivity index (χ2v) is 11.0. The lowest BCUT2D eigenvalue weighted by atomic mass is 10.2. The summed E-state index contributed by atoms with van der Waals surface area (Å²) in [5.74, 6) is -0.428. The number of hydrogen-bond donors (Lipinski definition) is 1. The second kappa shape index (κ2) is 10.8. The van der Waals surface area contributed by atoms with Crippen LogP contribution in [0.1, 0.15) is 27.3 Å². The van der Waals surface area contributed by atoms with Gasteiger partial charge in [0.2, 0.25) is 0 Å². The highest BCUT2D eigenvalue weighted by molar-refractivity contribution is 7.92. The third-order valence-electron chi connectivity index (χ3n) is 5.91. The fraction of sp³-hybridized carbons (Fsp3) is 0.111. The molecule has 1 heterocycles. The number of hydrogen-bond acceptors (Lipinski definition) is 4. The van der Waals surface area contributed by atoms with E-state index in [0.29, 0.717) is 21.3 Å². The van der Waals surface area contributed by atoms with Crippen LogP contribution in [0.2, 0.25) is 10.0 Å². The number of sulfonamides is 1. The summed E-state index contributed by atoms with van der Waals surface area (Å²) in [6.07, 6.45) is 1.56. The lowest BCUT2D eigenvalue weighted by molar-refractivity contribution is 0.0955. The summed E-state index contributed by atoms with van der Waals surface area (Å²) in [5.41, 5.74) is 6.64. The predicted octanol–water partition coefficient (Wildman–Crippen LogP) is 5.99. The summed E-state index contributed by atoms with van der Waals surface area (Å²) < 4.78 is 28.8. The van der Waals surface area contributed by atoms with E-state index < -0.39 is 15.9 Å². The summed E-state index contributed by atoms with van der Waals surface area (Å²) >= 11 is 12.6. The first-order chi connectivity index (χ1) is 17.6. The van der Waals surface area contributed by atoms with Gasteiger partial charge in [-0.1, -0.05) is 47.5 Å². The van der Waals surface area contributed by atoms with Crippen LogP contribution in [0.3, 0.4) is 0 Å². The van der Waals surface area contributed by atoms with Gasteiger partial charge in [0, 0.05) is 29.6 Å². The molecule has 3 aromatic carbocycles. The van der Waals surface area contributed by atoms with Gasteiger partial charge in [-0.15, -0.1) is 0 Å². The molecule has 1 N–H and O–H groups in total. The maximum absolute atomic E-state index is 12.8. The van der Waals surface area contributed by atoms with Gasteiger partial charge in [-0.3, -0.25) is 9.10 Å². The second-order valence-electron chi connectivity index (χ2n) is 8.27. The third-order valence-corrected chi connectivity index (χ3v) is 8.52. The standard InChI is InChI=1S/C27H24Cl2N4O3S/c1-18-16-21(19(2)33(18)25-11-7-10-24(28)26(25)29)17-30-31-27(34)20-12-14-22(15-13-20)32(3)37(35,36)23-8-5-4-6-9-23/h4-17H,1-3H3,(H,31,34)/b30-17-. The number of amides is 1. The zero-order chi connectivity index (χ0) is 26.7. The van der Waals surface area contributed by atoms with E-state index >= 15 is 0 Å². The first-order valence-corrected chi connectivity index (χ1v) is 13.4. The molecule has 0 saturated carbocycles. The lowest BCUT2D eigenvalue weighted by Gasteiger charge is -2.19. The van der Waals surface area contributed by atoms with Crippen molar-refractivity contribution in [1.82, 2.24) is 9.99 Å². The topological polar surface area (TPSA) is 83.8 Å². The SMILES string of the molecule is Cc1cc(/C=N\NC(=O)c2ccc(N(C)S(=O)(=O)c3ccccc3)cc2)c(C)n1-c1cccc(Cl)c1Cl. The van der Waals surface area contributed by atoms with Gasteiger partial charge in [0.05, 0.1) is 32.5 Å². The number of anilines is 1. The monoisotopic (exact) mass is 554 g/mol. The third kappa shape index (κ3) is 5.41. The van der Waals surface area contributed by atoms with E-state index in [2.05, 4.69) is 10.5 Å². The molecule has 0 unspecified atom stereocenters. The number of rotatable bonds is 7. The highest BCUT2D eigenvalue weighted by Crippen LogP contribution is 2.31. The molecule has 0 aliphatic rings. The molecule has 190 valence electrons. The van der Waals surface area contributed by atoms with Gasteiger partial charge >= 0.3 is 0 Å². The van der Waals surface area contributed by atoms with Crippen molar-refractivity contribution in [2.75, 3.05) is 11.4 Å². The summed E-state index contributed by atoms with van der Waals surface area (Å²) in [6, 6.07) is 21.8. The van der Waals surface area contributed by atoms with E-state index in [-0.39, 0.29) is 4.90 Å². The van der Waals surface area contributed by atoms with Crippen LogP contribution in [-0.4, -0.2) is 32.2 Å². The van der Waals surface area contributed by atoms with Crippen LogP contribution in [-0.2, 0) is 10.0 Å². The Hall–Kier alpha value is -3.59. The molecule has 7 nitrogen and oxygen atoms in total. The van der Waals surface area contributed by atoms with Crippen LogP contribution in [0.25, 0.3) is 5.69 Å². The maximum atomic E-state index is 12.8. The Labute approximate surface area is 226 Å². The minimum atomic E-state index is -3.71. The van der Waals surface area contributed by atoms with Gasteiger partial charge in [0.25, 0.3) is 15.9 Å². The zero-order valence-corrected chi connectivity index (χ0v) is 22.6. The number of nitrogens with one attached hydrogen (secondary N) is 1. The van der Waals surface area contributed by atoms with E-state index in [4.69, 9.17) is 23.2 Å². The molecule has 4 rings (SSSR count). The molecule has 0 fully saturated rings. The maximum Gasteiger partial charge on any atom is 0.271 e. The van der Waals surface area contributed by atoms with E-state index in [1.54, 1.807) is 54.7 Å². The molecule has 0 bridgehead atoms. The largest absolute Gasteiger partial charge is 0.316 e. The fourth-order valence-corrected chi connectivity index (χ4v) is 5.49. The molecule has 0 radical (unpaired) electrons. The Morgan fingerprint density at radius 3 is 2.32 bits per heavy atom. The van der Waals surface area contributed by atoms with Crippen LogP contribution >= 0.6 is 23.2 Å². The zero-order valence-electron chi connectivity index (χ0n) is 20.3. The summed E-state index contributed by atoms with van der Waals surface area (Å²) in [4.78, 5) is 12.8. The fourth-order valence-electron chi connectivity index (χ4n) is 3.89. The van der Waals surface area contributed by atoms with Gasteiger partial charge < -0.3 is 4.57 Å². The average Bonchev–Trinajstić information content (AvgIpc) is 3.18. The van der Waals surface area contributed by atoms with Crippen molar-refractivity contribution >= 4 is 51.0 Å². The van der Waals surface area contributed by atoms with Crippen molar-refractivity contribution in [3.63, 3.8) is 0 Å². The number of benzene rings is 3. The van der Waals surface area contributed by atoms with E-state index in [1.807, 2.05) is 36.6 Å². The van der Waals surface area contributed by atoms with Crippen LogP contribution in [0.15, 0.2) is 88.9 Å². The van der Waals surface area contributed by atoms with Gasteiger partial charge in [-0.2, -0.15) is 5.10 Å². The minimum absolute atomic E-state index is 0.186. The molecule has 10 heteroatoms. The Kier molecular flexibility index (Phi) is 7.73. The number of carbonyl (C=O) groups is 1. The van der Waals surface area contributed by atoms with Crippen molar-refractivity contribution in [1.29, 1.82) is 0 Å². The van der Waals surface area contributed by atoms with Crippen LogP contribution < -0.4 is 9.73 Å². The smallest absolute Gasteiger partial charge is 0.271 e. The molecule has 0 spiro atoms. The average molecular weight is 555 g/mol. The lowest BCUT2D eigenvalue weighted by Crippen LogP contribution is -2.26. The van der Waals surface area contributed by atoms with Crippen molar-refractivity contribution in [3.8, 4) is 5.69 Å². The summed E-state index contributed by atoms with van der Waals surface area (Å²) in [7, 11) is -2.24. The van der Waals surface area contributed by atoms with Gasteiger partial charge in [0.15, 0.2) is 0 Å².